The lowest BCUT2D eigenvalue weighted by Crippen LogP contribution is -2.22. The van der Waals surface area contributed by atoms with E-state index in [0.717, 1.165) is 24.8 Å². The molecule has 0 fully saturated rings. The smallest absolute Gasteiger partial charge is 0.135 e. The van der Waals surface area contributed by atoms with Gasteiger partial charge in [-0.15, -0.1) is 0 Å². The van der Waals surface area contributed by atoms with E-state index in [9.17, 15) is 8.78 Å². The molecule has 0 spiro atoms. The molecule has 0 bridgehead atoms. The second-order valence-corrected chi connectivity index (χ2v) is 5.19. The van der Waals surface area contributed by atoms with Crippen LogP contribution in [0, 0.1) is 0 Å². The maximum Gasteiger partial charge on any atom is 0.135 e. The lowest BCUT2D eigenvalue weighted by Gasteiger charge is -2.25. The van der Waals surface area contributed by atoms with Crippen molar-refractivity contribution in [1.29, 1.82) is 0 Å². The molecule has 1 atom stereocenters. The van der Waals surface area contributed by atoms with E-state index in [1.807, 2.05) is 30.3 Å². The summed E-state index contributed by atoms with van der Waals surface area (Å²) in [6.07, 6.45) is 6.27. The highest BCUT2D eigenvalue weighted by molar-refractivity contribution is 5.77. The Balaban J connectivity index is 2.10. The van der Waals surface area contributed by atoms with Crippen LogP contribution in [0.3, 0.4) is 0 Å². The number of hydrogen-bond donors (Lipinski definition) is 0. The van der Waals surface area contributed by atoms with Gasteiger partial charge in [0.2, 0.25) is 0 Å². The van der Waals surface area contributed by atoms with Gasteiger partial charge in [0.1, 0.15) is 11.5 Å². The molecule has 1 unspecified atom stereocenters. The number of rotatable bonds is 5. The van der Waals surface area contributed by atoms with E-state index in [2.05, 4.69) is 6.92 Å². The number of hydrogen-bond acceptors (Lipinski definition) is 0. The topological polar surface area (TPSA) is 0 Å². The molecule has 2 rings (SSSR count). The Labute approximate surface area is 113 Å². The summed E-state index contributed by atoms with van der Waals surface area (Å²) in [6.45, 7) is 2.08. The van der Waals surface area contributed by atoms with Gasteiger partial charge in [-0.25, -0.2) is 8.78 Å². The quantitative estimate of drug-likeness (QED) is 0.604. The van der Waals surface area contributed by atoms with E-state index in [-0.39, 0.29) is 12.2 Å². The molecule has 1 aromatic carbocycles. The van der Waals surface area contributed by atoms with Crippen LogP contribution in [0.25, 0.3) is 5.57 Å². The van der Waals surface area contributed by atoms with E-state index in [4.69, 9.17) is 0 Å². The van der Waals surface area contributed by atoms with Crippen molar-refractivity contribution in [3.05, 3.63) is 53.9 Å². The van der Waals surface area contributed by atoms with Crippen molar-refractivity contribution in [3.63, 3.8) is 0 Å². The second kappa shape index (κ2) is 6.14. The summed E-state index contributed by atoms with van der Waals surface area (Å²) in [5.41, 5.74) is -0.173. The van der Waals surface area contributed by atoms with Crippen molar-refractivity contribution < 1.29 is 8.78 Å². The zero-order valence-electron chi connectivity index (χ0n) is 11.3. The van der Waals surface area contributed by atoms with Crippen LogP contribution in [0.4, 0.5) is 8.78 Å². The van der Waals surface area contributed by atoms with E-state index in [0.29, 0.717) is 12.0 Å². The first-order valence-electron chi connectivity index (χ1n) is 6.97. The molecule has 0 aliphatic heterocycles. The van der Waals surface area contributed by atoms with Crippen LogP contribution >= 0.6 is 0 Å². The van der Waals surface area contributed by atoms with Gasteiger partial charge in [-0.3, -0.25) is 0 Å². The van der Waals surface area contributed by atoms with Crippen molar-refractivity contribution in [2.45, 2.75) is 44.7 Å². The number of halogens is 2. The molecule has 2 heteroatoms. The van der Waals surface area contributed by atoms with Crippen LogP contribution in [0.1, 0.15) is 44.6 Å². The predicted molar refractivity (Wildman–Crippen MR) is 76.2 cm³/mol. The summed E-state index contributed by atoms with van der Waals surface area (Å²) < 4.78 is 28.6. The number of allylic oxidation sites excluding steroid dienone is 4. The average molecular weight is 262 g/mol. The molecule has 1 aliphatic rings. The minimum atomic E-state index is -1.50. The van der Waals surface area contributed by atoms with E-state index in [1.165, 1.54) is 6.08 Å². The first-order chi connectivity index (χ1) is 9.14. The zero-order valence-corrected chi connectivity index (χ0v) is 11.3. The molecular formula is C17H20F2. The Morgan fingerprint density at radius 2 is 1.89 bits per heavy atom. The van der Waals surface area contributed by atoms with Crippen molar-refractivity contribution in [3.8, 4) is 0 Å². The van der Waals surface area contributed by atoms with Gasteiger partial charge in [0, 0.05) is 12.0 Å². The highest BCUT2D eigenvalue weighted by atomic mass is 19.1. The third kappa shape index (κ3) is 3.52. The van der Waals surface area contributed by atoms with E-state index >= 15 is 0 Å². The average Bonchev–Trinajstić information content (AvgIpc) is 2.40. The lowest BCUT2D eigenvalue weighted by atomic mass is 9.86. The van der Waals surface area contributed by atoms with Crippen LogP contribution in [0.5, 0.6) is 0 Å². The van der Waals surface area contributed by atoms with Crippen molar-refractivity contribution in [2.24, 2.45) is 0 Å². The highest BCUT2D eigenvalue weighted by Gasteiger charge is 2.31. The minimum Gasteiger partial charge on any atom is -0.239 e. The van der Waals surface area contributed by atoms with Crippen LogP contribution in [0.15, 0.2) is 48.3 Å². The fourth-order valence-corrected chi connectivity index (χ4v) is 2.45. The fourth-order valence-electron chi connectivity index (χ4n) is 2.45. The summed E-state index contributed by atoms with van der Waals surface area (Å²) in [4.78, 5) is 0. The Kier molecular flexibility index (Phi) is 4.52. The molecule has 0 aromatic heterocycles. The van der Waals surface area contributed by atoms with Gasteiger partial charge in [0.15, 0.2) is 0 Å². The van der Waals surface area contributed by atoms with Crippen LogP contribution in [-0.2, 0) is 0 Å². The number of alkyl halides is 1. The van der Waals surface area contributed by atoms with Crippen LogP contribution < -0.4 is 0 Å². The monoisotopic (exact) mass is 262 g/mol. The van der Waals surface area contributed by atoms with Crippen LogP contribution in [-0.4, -0.2) is 5.67 Å². The molecular weight excluding hydrogens is 242 g/mol. The van der Waals surface area contributed by atoms with Crippen molar-refractivity contribution >= 4 is 5.57 Å². The fraction of sp³-hybridized carbons (Fsp3) is 0.412. The van der Waals surface area contributed by atoms with Crippen molar-refractivity contribution in [2.75, 3.05) is 0 Å². The number of benzene rings is 1. The summed E-state index contributed by atoms with van der Waals surface area (Å²) >= 11 is 0. The summed E-state index contributed by atoms with van der Waals surface area (Å²) in [5, 5.41) is 0. The third-order valence-corrected chi connectivity index (χ3v) is 3.57. The maximum absolute atomic E-state index is 14.5. The van der Waals surface area contributed by atoms with Gasteiger partial charge in [0.05, 0.1) is 0 Å². The first-order valence-corrected chi connectivity index (χ1v) is 6.97. The molecule has 19 heavy (non-hydrogen) atoms. The molecule has 102 valence electrons. The molecule has 0 nitrogen and oxygen atoms in total. The lowest BCUT2D eigenvalue weighted by molar-refractivity contribution is 0.194. The molecule has 0 saturated heterocycles. The van der Waals surface area contributed by atoms with Gasteiger partial charge in [-0.05, 0) is 24.5 Å². The maximum atomic E-state index is 14.5. The van der Waals surface area contributed by atoms with E-state index in [1.54, 1.807) is 6.08 Å². The minimum absolute atomic E-state index is 0.128. The largest absolute Gasteiger partial charge is 0.239 e. The van der Waals surface area contributed by atoms with Gasteiger partial charge in [0.25, 0.3) is 0 Å². The highest BCUT2D eigenvalue weighted by Crippen LogP contribution is 2.38. The van der Waals surface area contributed by atoms with Crippen LogP contribution in [0.2, 0.25) is 0 Å². The second-order valence-electron chi connectivity index (χ2n) is 5.19. The predicted octanol–water partition coefficient (Wildman–Crippen LogP) is 5.62. The van der Waals surface area contributed by atoms with Gasteiger partial charge in [-0.1, -0.05) is 56.2 Å². The molecule has 0 radical (unpaired) electrons. The Bertz CT molecular complexity index is 473. The first kappa shape index (κ1) is 14.0. The normalized spacial score (nSPS) is 22.9. The van der Waals surface area contributed by atoms with Gasteiger partial charge < -0.3 is 0 Å². The molecule has 0 heterocycles. The van der Waals surface area contributed by atoms with Crippen molar-refractivity contribution in [1.82, 2.24) is 0 Å². The van der Waals surface area contributed by atoms with Gasteiger partial charge in [-0.2, -0.15) is 0 Å². The molecule has 1 aliphatic carbocycles. The Morgan fingerprint density at radius 3 is 2.53 bits per heavy atom. The molecule has 0 saturated carbocycles. The molecule has 1 aromatic rings. The zero-order chi connectivity index (χ0) is 13.7. The SMILES string of the molecule is CCCCCC1(F)C=CC(c2ccccc2)=C(F)C1. The Hall–Kier alpha value is -1.44. The number of unbranched alkanes of at least 4 members (excludes halogenated alkanes) is 2. The van der Waals surface area contributed by atoms with E-state index < -0.39 is 5.67 Å². The molecule has 0 amide bonds. The molecule has 0 N–H and O–H groups in total. The standard InChI is InChI=1S/C17H20F2/c1-2-3-7-11-17(19)12-10-15(16(18)13-17)14-8-5-4-6-9-14/h4-6,8-10,12H,2-3,7,11,13H2,1H3. The Morgan fingerprint density at radius 1 is 1.16 bits per heavy atom. The third-order valence-electron chi connectivity index (χ3n) is 3.57. The van der Waals surface area contributed by atoms with Gasteiger partial charge >= 0.3 is 0 Å². The summed E-state index contributed by atoms with van der Waals surface area (Å²) in [7, 11) is 0. The summed E-state index contributed by atoms with van der Waals surface area (Å²) in [5.74, 6) is -0.340. The summed E-state index contributed by atoms with van der Waals surface area (Å²) in [6, 6.07) is 9.31.